The van der Waals surface area contributed by atoms with Crippen LogP contribution in [-0.4, -0.2) is 21.5 Å². The fourth-order valence-corrected chi connectivity index (χ4v) is 9.09. The molecule has 0 N–H and O–H groups in total. The molecule has 0 fully saturated rings. The van der Waals surface area contributed by atoms with Crippen molar-refractivity contribution in [3.8, 4) is 44.9 Å². The van der Waals surface area contributed by atoms with E-state index in [0.29, 0.717) is 11.4 Å². The van der Waals surface area contributed by atoms with Gasteiger partial charge in [-0.15, -0.1) is 0 Å². The van der Waals surface area contributed by atoms with Gasteiger partial charge in [0.2, 0.25) is 0 Å². The molecule has 8 aromatic carbocycles. The molecule has 0 bridgehead atoms. The van der Waals surface area contributed by atoms with Crippen molar-refractivity contribution in [3.63, 3.8) is 0 Å². The van der Waals surface area contributed by atoms with Crippen molar-refractivity contribution in [2.45, 2.75) is 13.0 Å². The fraction of sp³-hybridized carbons (Fsp3) is 0.0526. The number of aliphatic imine (C=N–C) groups is 2. The SMILES string of the molecule is CC1C(c2cccc3oc4ccc(-c5ccc6c(c5)oc5c(-c7ccccc7)nc(-c7ccccc7)nc56)cc4c23)=NC(c2ccccc2)=NC1c1ccc(-c2ccccc2)cc1. The molecular formula is C57H38N4O2. The van der Waals surface area contributed by atoms with Gasteiger partial charge in [-0.05, 0) is 58.1 Å². The maximum Gasteiger partial charge on any atom is 0.180 e. The van der Waals surface area contributed by atoms with Gasteiger partial charge in [0.25, 0.3) is 0 Å². The molecule has 6 nitrogen and oxygen atoms in total. The normalized spacial score (nSPS) is 15.3. The van der Waals surface area contributed by atoms with Crippen LogP contribution in [0.1, 0.15) is 29.7 Å². The summed E-state index contributed by atoms with van der Waals surface area (Å²) in [5.74, 6) is 1.36. The molecule has 2 atom stereocenters. The van der Waals surface area contributed by atoms with Gasteiger partial charge >= 0.3 is 0 Å². The average molecular weight is 811 g/mol. The number of aromatic nitrogens is 2. The molecule has 0 saturated carbocycles. The number of fused-ring (bicyclic) bond motifs is 6. The van der Waals surface area contributed by atoms with Gasteiger partial charge in [-0.25, -0.2) is 15.0 Å². The van der Waals surface area contributed by atoms with Crippen molar-refractivity contribution in [3.05, 3.63) is 217 Å². The first kappa shape index (κ1) is 36.6. The van der Waals surface area contributed by atoms with Crippen LogP contribution in [0.3, 0.4) is 0 Å². The number of amidine groups is 1. The van der Waals surface area contributed by atoms with Gasteiger partial charge in [0, 0.05) is 44.3 Å². The van der Waals surface area contributed by atoms with Crippen molar-refractivity contribution in [1.82, 2.24) is 9.97 Å². The Morgan fingerprint density at radius 3 is 1.79 bits per heavy atom. The summed E-state index contributed by atoms with van der Waals surface area (Å²) in [6.45, 7) is 2.24. The summed E-state index contributed by atoms with van der Waals surface area (Å²) >= 11 is 0. The summed E-state index contributed by atoms with van der Waals surface area (Å²) in [6.07, 6.45) is 0. The van der Waals surface area contributed by atoms with Crippen LogP contribution >= 0.6 is 0 Å². The Kier molecular flexibility index (Phi) is 8.75. The van der Waals surface area contributed by atoms with Crippen LogP contribution in [0.2, 0.25) is 0 Å². The highest BCUT2D eigenvalue weighted by molar-refractivity contribution is 6.23. The molecule has 0 spiro atoms. The Balaban J connectivity index is 0.972. The van der Waals surface area contributed by atoms with Crippen molar-refractivity contribution in [2.75, 3.05) is 0 Å². The van der Waals surface area contributed by atoms with Crippen LogP contribution in [0.15, 0.2) is 219 Å². The molecule has 2 unspecified atom stereocenters. The van der Waals surface area contributed by atoms with Crippen molar-refractivity contribution in [1.29, 1.82) is 0 Å². The van der Waals surface area contributed by atoms with E-state index < -0.39 is 0 Å². The molecule has 12 rings (SSSR count). The van der Waals surface area contributed by atoms with Gasteiger partial charge in [-0.2, -0.15) is 0 Å². The second-order valence-electron chi connectivity index (χ2n) is 16.1. The standard InChI is InChI=1S/C57H38N4O2/c1-35-51(39-27-25-37(26-28-39)36-15-6-2-7-16-36)58-56(40-19-10-4-11-20-40)59-52(35)45-23-14-24-48-50(45)46-33-42(30-32-47(46)62-48)43-29-31-44-49(34-43)63-55-53(38-17-8-3-9-18-38)60-57(61-54(44)55)41-21-12-5-13-22-41/h2-35,51H,1H3. The van der Waals surface area contributed by atoms with E-state index in [-0.39, 0.29) is 12.0 Å². The van der Waals surface area contributed by atoms with Crippen LogP contribution in [0.4, 0.5) is 0 Å². The van der Waals surface area contributed by atoms with Crippen molar-refractivity contribution < 1.29 is 8.83 Å². The molecule has 1 aliphatic heterocycles. The maximum atomic E-state index is 6.70. The number of hydrogen-bond acceptors (Lipinski definition) is 6. The summed E-state index contributed by atoms with van der Waals surface area (Å²) in [7, 11) is 0. The van der Waals surface area contributed by atoms with Gasteiger partial charge in [0.15, 0.2) is 17.2 Å². The number of furan rings is 2. The Hall–Kier alpha value is -8.22. The van der Waals surface area contributed by atoms with E-state index in [1.54, 1.807) is 0 Å². The lowest BCUT2D eigenvalue weighted by atomic mass is 9.84. The molecule has 298 valence electrons. The van der Waals surface area contributed by atoms with Crippen LogP contribution in [0.5, 0.6) is 0 Å². The fourth-order valence-electron chi connectivity index (χ4n) is 9.09. The summed E-state index contributed by atoms with van der Waals surface area (Å²) in [5, 5.41) is 3.00. The molecule has 11 aromatic rings. The van der Waals surface area contributed by atoms with Crippen LogP contribution in [-0.2, 0) is 0 Å². The zero-order valence-electron chi connectivity index (χ0n) is 34.3. The first-order valence-electron chi connectivity index (χ1n) is 21.3. The van der Waals surface area contributed by atoms with E-state index >= 15 is 0 Å². The predicted octanol–water partition coefficient (Wildman–Crippen LogP) is 14.6. The zero-order chi connectivity index (χ0) is 41.9. The Labute approximate surface area is 363 Å². The van der Waals surface area contributed by atoms with Crippen molar-refractivity contribution in [2.24, 2.45) is 15.9 Å². The lowest BCUT2D eigenvalue weighted by Crippen LogP contribution is -2.26. The molecule has 0 saturated heterocycles. The minimum absolute atomic E-state index is 0.0273. The highest BCUT2D eigenvalue weighted by atomic mass is 16.3. The molecule has 1 aliphatic rings. The van der Waals surface area contributed by atoms with E-state index in [9.17, 15) is 0 Å². The summed E-state index contributed by atoms with van der Waals surface area (Å²) in [5.41, 5.74) is 15.1. The van der Waals surface area contributed by atoms with Crippen molar-refractivity contribution >= 4 is 55.6 Å². The molecule has 6 heteroatoms. The molecule has 63 heavy (non-hydrogen) atoms. The third-order valence-corrected chi connectivity index (χ3v) is 12.3. The third kappa shape index (κ3) is 6.43. The second-order valence-corrected chi connectivity index (χ2v) is 16.1. The summed E-state index contributed by atoms with van der Waals surface area (Å²) in [6, 6.07) is 68.8. The number of nitrogens with zero attached hydrogens (tertiary/aromatic N) is 4. The number of rotatable bonds is 7. The first-order chi connectivity index (χ1) is 31.1. The van der Waals surface area contributed by atoms with E-state index in [0.717, 1.165) is 94.6 Å². The van der Waals surface area contributed by atoms with Crippen LogP contribution < -0.4 is 0 Å². The average Bonchev–Trinajstić information content (AvgIpc) is 3.93. The molecule has 0 amide bonds. The van der Waals surface area contributed by atoms with Gasteiger partial charge in [-0.3, -0.25) is 4.99 Å². The highest BCUT2D eigenvalue weighted by Crippen LogP contribution is 2.42. The minimum atomic E-state index is -0.145. The van der Waals surface area contributed by atoms with E-state index in [1.165, 1.54) is 11.1 Å². The Bertz CT molecular complexity index is 3560. The number of hydrogen-bond donors (Lipinski definition) is 0. The second kappa shape index (κ2) is 15.0. The zero-order valence-corrected chi connectivity index (χ0v) is 34.3. The van der Waals surface area contributed by atoms with Crippen LogP contribution in [0.25, 0.3) is 88.9 Å². The Morgan fingerprint density at radius 1 is 0.444 bits per heavy atom. The minimum Gasteiger partial charge on any atom is -0.456 e. The molecule has 0 aliphatic carbocycles. The van der Waals surface area contributed by atoms with E-state index in [2.05, 4.69) is 128 Å². The quantitative estimate of drug-likeness (QED) is 0.161. The Morgan fingerprint density at radius 2 is 1.06 bits per heavy atom. The van der Waals surface area contributed by atoms with Gasteiger partial charge in [-0.1, -0.05) is 177 Å². The summed E-state index contributed by atoms with van der Waals surface area (Å²) < 4.78 is 13.3. The van der Waals surface area contributed by atoms with E-state index in [1.807, 2.05) is 78.9 Å². The van der Waals surface area contributed by atoms with Gasteiger partial charge in [0.05, 0.1) is 11.8 Å². The molecule has 3 aromatic heterocycles. The highest BCUT2D eigenvalue weighted by Gasteiger charge is 2.31. The molecule has 0 radical (unpaired) electrons. The van der Waals surface area contributed by atoms with Gasteiger partial charge < -0.3 is 8.83 Å². The lowest BCUT2D eigenvalue weighted by Gasteiger charge is -2.28. The molecular weight excluding hydrogens is 773 g/mol. The lowest BCUT2D eigenvalue weighted by molar-refractivity contribution is 0.592. The van der Waals surface area contributed by atoms with E-state index in [4.69, 9.17) is 28.8 Å². The van der Waals surface area contributed by atoms with Crippen LogP contribution in [0, 0.1) is 5.92 Å². The maximum absolute atomic E-state index is 6.70. The topological polar surface area (TPSA) is 76.8 Å². The number of benzene rings is 8. The molecule has 4 heterocycles. The van der Waals surface area contributed by atoms with Gasteiger partial charge in [0.1, 0.15) is 28.0 Å². The summed E-state index contributed by atoms with van der Waals surface area (Å²) in [4.78, 5) is 20.8. The first-order valence-corrected chi connectivity index (χ1v) is 21.3. The monoisotopic (exact) mass is 810 g/mol. The predicted molar refractivity (Wildman–Crippen MR) is 256 cm³/mol. The third-order valence-electron chi connectivity index (χ3n) is 12.3. The smallest absolute Gasteiger partial charge is 0.180 e. The largest absolute Gasteiger partial charge is 0.456 e.